The van der Waals surface area contributed by atoms with Crippen LogP contribution >= 0.6 is 11.3 Å². The van der Waals surface area contributed by atoms with Crippen molar-refractivity contribution in [2.24, 2.45) is 0 Å². The molecule has 1 saturated heterocycles. The van der Waals surface area contributed by atoms with Gasteiger partial charge >= 0.3 is 0 Å². The van der Waals surface area contributed by atoms with Crippen molar-refractivity contribution in [1.29, 1.82) is 0 Å². The van der Waals surface area contributed by atoms with Crippen LogP contribution in [0.3, 0.4) is 0 Å². The van der Waals surface area contributed by atoms with E-state index in [-0.39, 0.29) is 11.9 Å². The summed E-state index contributed by atoms with van der Waals surface area (Å²) >= 11 is 1.48. The van der Waals surface area contributed by atoms with Gasteiger partial charge in [-0.05, 0) is 31.0 Å². The summed E-state index contributed by atoms with van der Waals surface area (Å²) in [6, 6.07) is 12.2. The maximum atomic E-state index is 12.5. The summed E-state index contributed by atoms with van der Waals surface area (Å²) in [5.74, 6) is 0.600. The molecular formula is C17H20N2O2S. The highest BCUT2D eigenvalue weighted by Crippen LogP contribution is 2.36. The van der Waals surface area contributed by atoms with Gasteiger partial charge in [0.15, 0.2) is 0 Å². The van der Waals surface area contributed by atoms with Crippen molar-refractivity contribution in [3.8, 4) is 16.2 Å². The molecule has 22 heavy (non-hydrogen) atoms. The third kappa shape index (κ3) is 3.31. The number of amides is 1. The molecule has 2 N–H and O–H groups in total. The van der Waals surface area contributed by atoms with Gasteiger partial charge in [0.05, 0.1) is 7.11 Å². The summed E-state index contributed by atoms with van der Waals surface area (Å²) < 4.78 is 5.39. The first-order chi connectivity index (χ1) is 10.8. The van der Waals surface area contributed by atoms with Gasteiger partial charge in [-0.15, -0.1) is 11.3 Å². The number of carbonyl (C=O) groups is 1. The van der Waals surface area contributed by atoms with Crippen molar-refractivity contribution in [2.75, 3.05) is 20.2 Å². The summed E-state index contributed by atoms with van der Waals surface area (Å²) in [5.41, 5.74) is 1.10. The first kappa shape index (κ1) is 15.1. The van der Waals surface area contributed by atoms with Crippen LogP contribution in [0, 0.1) is 0 Å². The van der Waals surface area contributed by atoms with Gasteiger partial charge in [0.25, 0.3) is 5.91 Å². The normalized spacial score (nSPS) is 18.0. The molecule has 0 bridgehead atoms. The number of carbonyl (C=O) groups excluding carboxylic acids is 1. The molecule has 1 aliphatic heterocycles. The standard InChI is InChI=1S/C17H20N2O2S/c1-21-14-10-15(12-6-3-2-4-7-12)22-16(14)17(20)19-13-8-5-9-18-11-13/h2-4,6-7,10,13,18H,5,8-9,11H2,1H3,(H,19,20)/t13-/m0/s1. The number of methoxy groups -OCH3 is 1. The predicted molar refractivity (Wildman–Crippen MR) is 89.7 cm³/mol. The molecule has 3 rings (SSSR count). The molecule has 0 aliphatic carbocycles. The van der Waals surface area contributed by atoms with E-state index in [9.17, 15) is 4.79 Å². The van der Waals surface area contributed by atoms with Gasteiger partial charge < -0.3 is 15.4 Å². The van der Waals surface area contributed by atoms with Crippen LogP contribution in [-0.4, -0.2) is 32.1 Å². The number of benzene rings is 1. The van der Waals surface area contributed by atoms with Crippen LogP contribution in [0.1, 0.15) is 22.5 Å². The van der Waals surface area contributed by atoms with E-state index in [1.54, 1.807) is 7.11 Å². The smallest absolute Gasteiger partial charge is 0.265 e. The molecule has 1 amide bonds. The molecule has 0 unspecified atom stereocenters. The van der Waals surface area contributed by atoms with E-state index in [1.165, 1.54) is 11.3 Å². The lowest BCUT2D eigenvalue weighted by Gasteiger charge is -2.23. The maximum Gasteiger partial charge on any atom is 0.265 e. The average molecular weight is 316 g/mol. The van der Waals surface area contributed by atoms with Gasteiger partial charge in [0, 0.05) is 17.5 Å². The van der Waals surface area contributed by atoms with Crippen molar-refractivity contribution in [3.63, 3.8) is 0 Å². The third-order valence-corrected chi connectivity index (χ3v) is 4.98. The molecule has 1 fully saturated rings. The number of thiophene rings is 1. The molecule has 1 aromatic heterocycles. The minimum Gasteiger partial charge on any atom is -0.495 e. The lowest BCUT2D eigenvalue weighted by molar-refractivity contribution is 0.0932. The van der Waals surface area contributed by atoms with Crippen molar-refractivity contribution >= 4 is 17.2 Å². The lowest BCUT2D eigenvalue weighted by Crippen LogP contribution is -2.45. The minimum atomic E-state index is -0.0438. The van der Waals surface area contributed by atoms with Crippen LogP contribution < -0.4 is 15.4 Å². The SMILES string of the molecule is COc1cc(-c2ccccc2)sc1C(=O)N[C@H]1CCCNC1. The molecule has 116 valence electrons. The first-order valence-electron chi connectivity index (χ1n) is 7.53. The summed E-state index contributed by atoms with van der Waals surface area (Å²) in [6.45, 7) is 1.87. The molecule has 1 aliphatic rings. The Bertz CT molecular complexity index is 633. The number of nitrogens with one attached hydrogen (secondary N) is 2. The largest absolute Gasteiger partial charge is 0.495 e. The summed E-state index contributed by atoms with van der Waals surface area (Å²) in [4.78, 5) is 14.2. The Morgan fingerprint density at radius 3 is 2.86 bits per heavy atom. The van der Waals surface area contributed by atoms with E-state index in [4.69, 9.17) is 4.74 Å². The Hall–Kier alpha value is -1.85. The topological polar surface area (TPSA) is 50.4 Å². The quantitative estimate of drug-likeness (QED) is 0.912. The summed E-state index contributed by atoms with van der Waals surface area (Å²) in [7, 11) is 1.61. The zero-order valence-electron chi connectivity index (χ0n) is 12.6. The van der Waals surface area contributed by atoms with Crippen LogP contribution in [0.2, 0.25) is 0 Å². The summed E-state index contributed by atoms with van der Waals surface area (Å²) in [6.07, 6.45) is 2.12. The van der Waals surface area contributed by atoms with Gasteiger partial charge in [-0.2, -0.15) is 0 Å². The van der Waals surface area contributed by atoms with Crippen LogP contribution in [-0.2, 0) is 0 Å². The zero-order chi connectivity index (χ0) is 15.4. The van der Waals surface area contributed by atoms with Crippen molar-refractivity contribution in [2.45, 2.75) is 18.9 Å². The van der Waals surface area contributed by atoms with E-state index >= 15 is 0 Å². The maximum absolute atomic E-state index is 12.5. The minimum absolute atomic E-state index is 0.0438. The third-order valence-electron chi connectivity index (χ3n) is 3.81. The Kier molecular flexibility index (Phi) is 4.75. The molecule has 0 spiro atoms. The zero-order valence-corrected chi connectivity index (χ0v) is 13.4. The molecule has 1 atom stereocenters. The van der Waals surface area contributed by atoms with E-state index in [0.717, 1.165) is 36.4 Å². The fourth-order valence-corrected chi connectivity index (χ4v) is 3.69. The molecule has 1 aromatic carbocycles. The molecule has 2 aromatic rings. The van der Waals surface area contributed by atoms with Crippen LogP contribution in [0.25, 0.3) is 10.4 Å². The number of piperidine rings is 1. The van der Waals surface area contributed by atoms with Gasteiger partial charge in [-0.3, -0.25) is 4.79 Å². The predicted octanol–water partition coefficient (Wildman–Crippen LogP) is 2.91. The van der Waals surface area contributed by atoms with Crippen LogP contribution in [0.4, 0.5) is 0 Å². The van der Waals surface area contributed by atoms with Crippen molar-refractivity contribution < 1.29 is 9.53 Å². The molecule has 0 radical (unpaired) electrons. The lowest BCUT2D eigenvalue weighted by atomic mass is 10.1. The van der Waals surface area contributed by atoms with Gasteiger partial charge in [0.1, 0.15) is 10.6 Å². The van der Waals surface area contributed by atoms with Crippen LogP contribution in [0.5, 0.6) is 5.75 Å². The molecule has 2 heterocycles. The number of rotatable bonds is 4. The van der Waals surface area contributed by atoms with Gasteiger partial charge in [-0.1, -0.05) is 30.3 Å². The fraction of sp³-hybridized carbons (Fsp3) is 0.353. The van der Waals surface area contributed by atoms with Gasteiger partial charge in [-0.25, -0.2) is 0 Å². The highest BCUT2D eigenvalue weighted by atomic mass is 32.1. The first-order valence-corrected chi connectivity index (χ1v) is 8.34. The summed E-state index contributed by atoms with van der Waals surface area (Å²) in [5, 5.41) is 6.41. The van der Waals surface area contributed by atoms with E-state index in [0.29, 0.717) is 10.6 Å². The van der Waals surface area contributed by atoms with Gasteiger partial charge in [0.2, 0.25) is 0 Å². The second kappa shape index (κ2) is 6.94. The number of hydrogen-bond donors (Lipinski definition) is 2. The molecule has 4 nitrogen and oxygen atoms in total. The second-order valence-electron chi connectivity index (χ2n) is 5.39. The Balaban J connectivity index is 1.80. The number of hydrogen-bond acceptors (Lipinski definition) is 4. The highest BCUT2D eigenvalue weighted by Gasteiger charge is 2.21. The fourth-order valence-electron chi connectivity index (χ4n) is 2.65. The van der Waals surface area contributed by atoms with E-state index in [1.807, 2.05) is 36.4 Å². The molecule has 5 heteroatoms. The van der Waals surface area contributed by atoms with E-state index < -0.39 is 0 Å². The van der Waals surface area contributed by atoms with Crippen LogP contribution in [0.15, 0.2) is 36.4 Å². The Morgan fingerprint density at radius 2 is 2.18 bits per heavy atom. The van der Waals surface area contributed by atoms with E-state index in [2.05, 4.69) is 10.6 Å². The molecular weight excluding hydrogens is 296 g/mol. The van der Waals surface area contributed by atoms with Crippen molar-refractivity contribution in [1.82, 2.24) is 10.6 Å². The number of ether oxygens (including phenoxy) is 1. The Morgan fingerprint density at radius 1 is 1.36 bits per heavy atom. The molecule has 0 saturated carbocycles. The van der Waals surface area contributed by atoms with Crippen molar-refractivity contribution in [3.05, 3.63) is 41.3 Å². The average Bonchev–Trinajstić information content (AvgIpc) is 3.01. The Labute approximate surface area is 134 Å². The highest BCUT2D eigenvalue weighted by molar-refractivity contribution is 7.17. The second-order valence-corrected chi connectivity index (χ2v) is 6.44. The monoisotopic (exact) mass is 316 g/mol.